The van der Waals surface area contributed by atoms with Crippen molar-refractivity contribution in [2.45, 2.75) is 32.1 Å². The maximum absolute atomic E-state index is 8.92. The second-order valence-electron chi connectivity index (χ2n) is 3.14. The molecule has 0 aliphatic carbocycles. The normalized spacial score (nSPS) is 13.2. The summed E-state index contributed by atoms with van der Waals surface area (Å²) in [5.74, 6) is 0.547. The summed E-state index contributed by atoms with van der Waals surface area (Å²) in [7, 11) is 0. The van der Waals surface area contributed by atoms with Crippen LogP contribution in [0.5, 0.6) is 0 Å². The second kappa shape index (κ2) is 5.78. The lowest BCUT2D eigenvalue weighted by molar-refractivity contribution is 0.273. The molecule has 13 heavy (non-hydrogen) atoms. The van der Waals surface area contributed by atoms with Crippen molar-refractivity contribution in [3.63, 3.8) is 0 Å². The van der Waals surface area contributed by atoms with Crippen LogP contribution in [0.3, 0.4) is 0 Å². The van der Waals surface area contributed by atoms with Crippen LogP contribution in [0, 0.1) is 0 Å². The molecule has 74 valence electrons. The van der Waals surface area contributed by atoms with Gasteiger partial charge in [-0.05, 0) is 46.8 Å². The molecule has 1 N–H and O–H groups in total. The molecule has 0 fully saturated rings. The van der Waals surface area contributed by atoms with E-state index in [4.69, 9.17) is 5.11 Å². The molecular formula is C10H15BrOS. The van der Waals surface area contributed by atoms with Crippen LogP contribution in [0.15, 0.2) is 15.9 Å². The van der Waals surface area contributed by atoms with E-state index in [9.17, 15) is 0 Å². The first kappa shape index (κ1) is 11.2. The van der Waals surface area contributed by atoms with Crippen LogP contribution in [-0.2, 0) is 0 Å². The fourth-order valence-electron chi connectivity index (χ4n) is 1.48. The van der Waals surface area contributed by atoms with Crippen LogP contribution in [0.25, 0.3) is 0 Å². The van der Waals surface area contributed by atoms with Gasteiger partial charge in [-0.3, -0.25) is 0 Å². The Bertz CT molecular complexity index is 241. The van der Waals surface area contributed by atoms with Crippen molar-refractivity contribution >= 4 is 27.3 Å². The van der Waals surface area contributed by atoms with Crippen LogP contribution >= 0.6 is 27.3 Å². The zero-order chi connectivity index (χ0) is 9.68. The van der Waals surface area contributed by atoms with Crippen LogP contribution in [0.4, 0.5) is 0 Å². The molecule has 1 rings (SSSR count). The van der Waals surface area contributed by atoms with Gasteiger partial charge in [0.05, 0.1) is 3.79 Å². The first-order valence-electron chi connectivity index (χ1n) is 4.64. The number of hydrogen-bond donors (Lipinski definition) is 1. The highest BCUT2D eigenvalue weighted by Crippen LogP contribution is 2.32. The number of halogens is 1. The predicted octanol–water partition coefficient (Wildman–Crippen LogP) is 3.78. The third-order valence-electron chi connectivity index (χ3n) is 2.11. The summed E-state index contributed by atoms with van der Waals surface area (Å²) in [6, 6.07) is 4.24. The number of thiophene rings is 1. The molecular weight excluding hydrogens is 248 g/mol. The second-order valence-corrected chi connectivity index (χ2v) is 5.63. The first-order chi connectivity index (χ1) is 6.27. The van der Waals surface area contributed by atoms with Crippen LogP contribution < -0.4 is 0 Å². The zero-order valence-corrected chi connectivity index (χ0v) is 10.2. The molecule has 0 aliphatic rings. The van der Waals surface area contributed by atoms with Crippen molar-refractivity contribution in [2.75, 3.05) is 6.61 Å². The van der Waals surface area contributed by atoms with E-state index >= 15 is 0 Å². The van der Waals surface area contributed by atoms with Gasteiger partial charge in [-0.1, -0.05) is 13.3 Å². The lowest BCUT2D eigenvalue weighted by Crippen LogP contribution is -1.98. The number of aliphatic hydroxyl groups is 1. The van der Waals surface area contributed by atoms with Gasteiger partial charge in [0.15, 0.2) is 0 Å². The van der Waals surface area contributed by atoms with E-state index in [0.29, 0.717) is 12.5 Å². The number of rotatable bonds is 5. The average Bonchev–Trinajstić information content (AvgIpc) is 2.51. The third-order valence-corrected chi connectivity index (χ3v) is 3.90. The molecule has 1 heterocycles. The minimum atomic E-state index is 0.292. The summed E-state index contributed by atoms with van der Waals surface area (Å²) in [6.45, 7) is 2.48. The monoisotopic (exact) mass is 262 g/mol. The molecule has 1 unspecified atom stereocenters. The van der Waals surface area contributed by atoms with Gasteiger partial charge >= 0.3 is 0 Å². The standard InChI is InChI=1S/C10H15BrOS/c1-2-3-8(6-7-12)9-4-5-10(11)13-9/h4-5,8,12H,2-3,6-7H2,1H3. The van der Waals surface area contributed by atoms with Crippen molar-refractivity contribution in [1.29, 1.82) is 0 Å². The first-order valence-corrected chi connectivity index (χ1v) is 6.25. The Hall–Kier alpha value is 0.140. The van der Waals surface area contributed by atoms with Gasteiger partial charge in [0.1, 0.15) is 0 Å². The fourth-order valence-corrected chi connectivity index (χ4v) is 3.07. The van der Waals surface area contributed by atoms with Crippen LogP contribution in [0.2, 0.25) is 0 Å². The Morgan fingerprint density at radius 2 is 2.23 bits per heavy atom. The molecule has 0 bridgehead atoms. The van der Waals surface area contributed by atoms with Crippen molar-refractivity contribution in [3.8, 4) is 0 Å². The average molecular weight is 263 g/mol. The largest absolute Gasteiger partial charge is 0.396 e. The molecule has 1 nitrogen and oxygen atoms in total. The molecule has 1 aromatic heterocycles. The lowest BCUT2D eigenvalue weighted by atomic mass is 9.99. The topological polar surface area (TPSA) is 20.2 Å². The molecule has 0 spiro atoms. The number of aliphatic hydroxyl groups excluding tert-OH is 1. The Labute approximate surface area is 91.9 Å². The Morgan fingerprint density at radius 1 is 1.46 bits per heavy atom. The Balaban J connectivity index is 2.63. The third kappa shape index (κ3) is 3.41. The van der Waals surface area contributed by atoms with Crippen molar-refractivity contribution in [1.82, 2.24) is 0 Å². The highest BCUT2D eigenvalue weighted by atomic mass is 79.9. The molecule has 0 aromatic carbocycles. The van der Waals surface area contributed by atoms with Crippen LogP contribution in [-0.4, -0.2) is 11.7 Å². The highest BCUT2D eigenvalue weighted by Gasteiger charge is 2.11. The van der Waals surface area contributed by atoms with Gasteiger partial charge in [-0.15, -0.1) is 11.3 Å². The molecule has 0 saturated heterocycles. The maximum Gasteiger partial charge on any atom is 0.0701 e. The molecule has 3 heteroatoms. The van der Waals surface area contributed by atoms with Gasteiger partial charge < -0.3 is 5.11 Å². The minimum Gasteiger partial charge on any atom is -0.396 e. The smallest absolute Gasteiger partial charge is 0.0701 e. The zero-order valence-electron chi connectivity index (χ0n) is 7.79. The van der Waals surface area contributed by atoms with E-state index in [0.717, 1.165) is 6.42 Å². The van der Waals surface area contributed by atoms with Gasteiger partial charge in [-0.25, -0.2) is 0 Å². The van der Waals surface area contributed by atoms with Gasteiger partial charge in [0.2, 0.25) is 0 Å². The fraction of sp³-hybridized carbons (Fsp3) is 0.600. The molecule has 1 aromatic rings. The van der Waals surface area contributed by atoms with Crippen molar-refractivity contribution in [3.05, 3.63) is 20.8 Å². The van der Waals surface area contributed by atoms with Crippen molar-refractivity contribution in [2.24, 2.45) is 0 Å². The van der Waals surface area contributed by atoms with Crippen LogP contribution in [0.1, 0.15) is 37.0 Å². The minimum absolute atomic E-state index is 0.292. The summed E-state index contributed by atoms with van der Waals surface area (Å²) in [5, 5.41) is 8.92. The Kier molecular flexibility index (Phi) is 4.99. The quantitative estimate of drug-likeness (QED) is 0.857. The van der Waals surface area contributed by atoms with Gasteiger partial charge in [-0.2, -0.15) is 0 Å². The summed E-state index contributed by atoms with van der Waals surface area (Å²) < 4.78 is 1.18. The molecule has 1 atom stereocenters. The molecule has 0 radical (unpaired) electrons. The van der Waals surface area contributed by atoms with Crippen molar-refractivity contribution < 1.29 is 5.11 Å². The molecule has 0 aliphatic heterocycles. The lowest BCUT2D eigenvalue weighted by Gasteiger charge is -2.11. The highest BCUT2D eigenvalue weighted by molar-refractivity contribution is 9.11. The van der Waals surface area contributed by atoms with E-state index in [2.05, 4.69) is 35.0 Å². The van der Waals surface area contributed by atoms with Gasteiger partial charge in [0.25, 0.3) is 0 Å². The molecule has 0 saturated carbocycles. The summed E-state index contributed by atoms with van der Waals surface area (Å²) in [5.41, 5.74) is 0. The summed E-state index contributed by atoms with van der Waals surface area (Å²) >= 11 is 5.24. The van der Waals surface area contributed by atoms with E-state index in [1.807, 2.05) is 0 Å². The maximum atomic E-state index is 8.92. The SMILES string of the molecule is CCCC(CCO)c1ccc(Br)s1. The Morgan fingerprint density at radius 3 is 2.69 bits per heavy atom. The van der Waals surface area contributed by atoms with E-state index < -0.39 is 0 Å². The van der Waals surface area contributed by atoms with E-state index in [1.54, 1.807) is 11.3 Å². The summed E-state index contributed by atoms with van der Waals surface area (Å²) in [6.07, 6.45) is 3.24. The van der Waals surface area contributed by atoms with E-state index in [-0.39, 0.29) is 0 Å². The van der Waals surface area contributed by atoms with E-state index in [1.165, 1.54) is 21.5 Å². The summed E-state index contributed by atoms with van der Waals surface area (Å²) in [4.78, 5) is 1.39. The molecule has 0 amide bonds. The predicted molar refractivity (Wildman–Crippen MR) is 61.4 cm³/mol. The number of hydrogen-bond acceptors (Lipinski definition) is 2. The van der Waals surface area contributed by atoms with Gasteiger partial charge in [0, 0.05) is 11.5 Å².